The fourth-order valence-electron chi connectivity index (χ4n) is 1.31. The summed E-state index contributed by atoms with van der Waals surface area (Å²) in [5, 5.41) is 16.6. The first-order valence-corrected chi connectivity index (χ1v) is 6.08. The minimum atomic E-state index is -0.566. The molecule has 0 aromatic heterocycles. The van der Waals surface area contributed by atoms with Gasteiger partial charge in [0.1, 0.15) is 0 Å². The second-order valence-corrected chi connectivity index (χ2v) is 4.43. The number of nitro groups is 1. The van der Waals surface area contributed by atoms with Crippen LogP contribution in [0.1, 0.15) is 16.8 Å². The molecule has 0 saturated heterocycles. The Morgan fingerprint density at radius 1 is 1.53 bits per heavy atom. The highest BCUT2D eigenvalue weighted by Gasteiger charge is 2.13. The van der Waals surface area contributed by atoms with E-state index in [1.807, 2.05) is 0 Å². The average molecular weight is 328 g/mol. The van der Waals surface area contributed by atoms with Gasteiger partial charge in [-0.15, -0.1) is 0 Å². The van der Waals surface area contributed by atoms with E-state index in [1.54, 1.807) is 0 Å². The molecule has 0 fully saturated rings. The normalized spacial score (nSPS) is 9.53. The zero-order chi connectivity index (χ0) is 14.3. The zero-order valence-electron chi connectivity index (χ0n) is 9.74. The highest BCUT2D eigenvalue weighted by molar-refractivity contribution is 9.10. The summed E-state index contributed by atoms with van der Waals surface area (Å²) in [5.41, 5.74) is 8.11. The molecule has 1 aromatic carbocycles. The molecular weight excluding hydrogens is 318 g/mol. The lowest BCUT2D eigenvalue weighted by Crippen LogP contribution is -2.24. The molecule has 1 amide bonds. The van der Waals surface area contributed by atoms with Gasteiger partial charge in [0.25, 0.3) is 11.6 Å². The van der Waals surface area contributed by atoms with E-state index >= 15 is 0 Å². The van der Waals surface area contributed by atoms with Crippen LogP contribution in [0.4, 0.5) is 5.69 Å². The summed E-state index contributed by atoms with van der Waals surface area (Å²) in [4.78, 5) is 24.4. The van der Waals surface area contributed by atoms with Gasteiger partial charge in [-0.3, -0.25) is 14.9 Å². The van der Waals surface area contributed by atoms with Gasteiger partial charge in [-0.1, -0.05) is 21.0 Å². The van der Waals surface area contributed by atoms with E-state index in [9.17, 15) is 14.9 Å². The van der Waals surface area contributed by atoms with Crippen LogP contribution in [0, 0.1) is 10.1 Å². The van der Waals surface area contributed by atoms with Crippen molar-refractivity contribution in [2.45, 2.75) is 6.42 Å². The van der Waals surface area contributed by atoms with Gasteiger partial charge < -0.3 is 5.32 Å². The minimum Gasteiger partial charge on any atom is -0.352 e. The smallest absolute Gasteiger partial charge is 0.271 e. The van der Waals surface area contributed by atoms with Crippen molar-refractivity contribution in [3.05, 3.63) is 48.8 Å². The van der Waals surface area contributed by atoms with Gasteiger partial charge in [-0.25, -0.2) is 0 Å². The molecule has 0 aliphatic rings. The number of nitro benzene ring substituents is 1. The van der Waals surface area contributed by atoms with E-state index in [-0.39, 0.29) is 17.8 Å². The van der Waals surface area contributed by atoms with Crippen LogP contribution >= 0.6 is 15.9 Å². The molecule has 0 spiro atoms. The summed E-state index contributed by atoms with van der Waals surface area (Å²) >= 11 is 3.11. The molecule has 9 heteroatoms. The number of carbonyl (C=O) groups excluding carboxylic acids is 1. The third-order valence-corrected chi connectivity index (χ3v) is 2.60. The minimum absolute atomic E-state index is 0.159. The van der Waals surface area contributed by atoms with Gasteiger partial charge in [0.05, 0.1) is 4.92 Å². The number of azide groups is 1. The second-order valence-electron chi connectivity index (χ2n) is 3.52. The molecule has 8 nitrogen and oxygen atoms in total. The molecule has 0 saturated carbocycles. The number of benzene rings is 1. The summed E-state index contributed by atoms with van der Waals surface area (Å²) in [5.74, 6) is -0.412. The predicted octanol–water partition coefficient (Wildman–Crippen LogP) is 2.79. The molecule has 0 aliphatic heterocycles. The van der Waals surface area contributed by atoms with E-state index in [1.165, 1.54) is 18.2 Å². The van der Waals surface area contributed by atoms with Crippen molar-refractivity contribution in [1.82, 2.24) is 5.32 Å². The van der Waals surface area contributed by atoms with Crippen molar-refractivity contribution in [2.75, 3.05) is 13.1 Å². The van der Waals surface area contributed by atoms with E-state index in [0.717, 1.165) is 0 Å². The number of nitrogens with zero attached hydrogens (tertiary/aromatic N) is 4. The average Bonchev–Trinajstić information content (AvgIpc) is 2.37. The number of amides is 1. The van der Waals surface area contributed by atoms with Crippen LogP contribution in [0.5, 0.6) is 0 Å². The maximum absolute atomic E-state index is 11.7. The Morgan fingerprint density at radius 2 is 2.26 bits per heavy atom. The van der Waals surface area contributed by atoms with Crippen LogP contribution in [0.2, 0.25) is 0 Å². The van der Waals surface area contributed by atoms with E-state index < -0.39 is 10.8 Å². The van der Waals surface area contributed by atoms with Crippen molar-refractivity contribution < 1.29 is 9.72 Å². The number of nitrogens with one attached hydrogen (secondary N) is 1. The number of hydrogen-bond acceptors (Lipinski definition) is 4. The van der Waals surface area contributed by atoms with Gasteiger partial charge in [0.2, 0.25) is 0 Å². The Balaban J connectivity index is 2.66. The predicted molar refractivity (Wildman–Crippen MR) is 71.8 cm³/mol. The maximum atomic E-state index is 11.7. The molecule has 0 atom stereocenters. The Labute approximate surface area is 116 Å². The second kappa shape index (κ2) is 7.34. The van der Waals surface area contributed by atoms with Crippen LogP contribution < -0.4 is 5.32 Å². The summed E-state index contributed by atoms with van der Waals surface area (Å²) in [7, 11) is 0. The van der Waals surface area contributed by atoms with Gasteiger partial charge >= 0.3 is 0 Å². The van der Waals surface area contributed by atoms with Crippen LogP contribution in [0.3, 0.4) is 0 Å². The number of halogens is 1. The standard InChI is InChI=1S/C10H10BrN5O3/c11-8-4-7(5-9(6-8)16(18)19)10(17)13-2-1-3-14-15-12/h4-6H,1-3H2,(H,13,17). The number of carbonyl (C=O) groups is 1. The highest BCUT2D eigenvalue weighted by Crippen LogP contribution is 2.21. The van der Waals surface area contributed by atoms with Gasteiger partial charge in [-0.2, -0.15) is 0 Å². The molecule has 19 heavy (non-hydrogen) atoms. The molecule has 1 aromatic rings. The molecule has 0 bridgehead atoms. The quantitative estimate of drug-likeness (QED) is 0.216. The number of hydrogen-bond donors (Lipinski definition) is 1. The number of rotatable bonds is 6. The van der Waals surface area contributed by atoms with Crippen LogP contribution in [0.25, 0.3) is 10.4 Å². The van der Waals surface area contributed by atoms with Gasteiger partial charge in [-0.05, 0) is 18.0 Å². The SMILES string of the molecule is [N-]=[N+]=NCCCNC(=O)c1cc(Br)cc([N+](=O)[O-])c1. The van der Waals surface area contributed by atoms with Crippen molar-refractivity contribution in [2.24, 2.45) is 5.11 Å². The largest absolute Gasteiger partial charge is 0.352 e. The molecule has 0 heterocycles. The fraction of sp³-hybridized carbons (Fsp3) is 0.300. The summed E-state index contributed by atoms with van der Waals surface area (Å²) in [6.07, 6.45) is 0.506. The summed E-state index contributed by atoms with van der Waals surface area (Å²) in [6, 6.07) is 4.02. The first-order valence-electron chi connectivity index (χ1n) is 5.28. The lowest BCUT2D eigenvalue weighted by molar-refractivity contribution is -0.385. The molecule has 100 valence electrons. The Hall–Kier alpha value is -2.12. The summed E-state index contributed by atoms with van der Waals surface area (Å²) < 4.78 is 0.459. The maximum Gasteiger partial charge on any atom is 0.271 e. The number of non-ortho nitro benzene ring substituents is 1. The lowest BCUT2D eigenvalue weighted by Gasteiger charge is -2.04. The molecule has 0 unspecified atom stereocenters. The zero-order valence-corrected chi connectivity index (χ0v) is 11.3. The van der Waals surface area contributed by atoms with Crippen molar-refractivity contribution in [1.29, 1.82) is 0 Å². The Kier molecular flexibility index (Phi) is 5.77. The Morgan fingerprint density at radius 3 is 2.89 bits per heavy atom. The van der Waals surface area contributed by atoms with Crippen molar-refractivity contribution in [3.8, 4) is 0 Å². The third kappa shape index (κ3) is 4.94. The first-order chi connectivity index (χ1) is 9.04. The lowest BCUT2D eigenvalue weighted by atomic mass is 10.2. The van der Waals surface area contributed by atoms with Crippen molar-refractivity contribution >= 4 is 27.5 Å². The molecule has 1 N–H and O–H groups in total. The van der Waals surface area contributed by atoms with E-state index in [0.29, 0.717) is 17.4 Å². The molecule has 1 rings (SSSR count). The van der Waals surface area contributed by atoms with E-state index in [2.05, 4.69) is 31.3 Å². The Bertz CT molecular complexity index is 542. The van der Waals surface area contributed by atoms with Crippen LogP contribution in [-0.4, -0.2) is 23.9 Å². The first kappa shape index (κ1) is 14.9. The van der Waals surface area contributed by atoms with Crippen LogP contribution in [0.15, 0.2) is 27.8 Å². The topological polar surface area (TPSA) is 121 Å². The monoisotopic (exact) mass is 327 g/mol. The summed E-state index contributed by atoms with van der Waals surface area (Å²) in [6.45, 7) is 0.619. The highest BCUT2D eigenvalue weighted by atomic mass is 79.9. The van der Waals surface area contributed by atoms with Gasteiger partial charge in [0, 0.05) is 40.2 Å². The van der Waals surface area contributed by atoms with Gasteiger partial charge in [0.15, 0.2) is 0 Å². The molecule has 0 radical (unpaired) electrons. The molecular formula is C10H10BrN5O3. The molecule has 0 aliphatic carbocycles. The fourth-order valence-corrected chi connectivity index (χ4v) is 1.79. The van der Waals surface area contributed by atoms with Crippen molar-refractivity contribution in [3.63, 3.8) is 0 Å². The van der Waals surface area contributed by atoms with E-state index in [4.69, 9.17) is 5.53 Å². The van der Waals surface area contributed by atoms with Crippen LogP contribution in [-0.2, 0) is 0 Å². The third-order valence-electron chi connectivity index (χ3n) is 2.14.